The summed E-state index contributed by atoms with van der Waals surface area (Å²) in [6.07, 6.45) is 4.68. The number of nitrogens with one attached hydrogen (secondary N) is 2. The van der Waals surface area contributed by atoms with Crippen LogP contribution in [0.15, 0.2) is 63.7 Å². The Morgan fingerprint density at radius 1 is 1.23 bits per heavy atom. The van der Waals surface area contributed by atoms with E-state index in [0.29, 0.717) is 24.5 Å². The number of aliphatic imine (C=N–C) groups is 1. The van der Waals surface area contributed by atoms with Crippen molar-refractivity contribution in [2.75, 3.05) is 19.6 Å². The highest BCUT2D eigenvalue weighted by Crippen LogP contribution is 2.41. The summed E-state index contributed by atoms with van der Waals surface area (Å²) >= 11 is 0. The van der Waals surface area contributed by atoms with E-state index < -0.39 is 35.1 Å². The van der Waals surface area contributed by atoms with Crippen LogP contribution in [0.25, 0.3) is 11.5 Å². The molecular formula is C32H33F3N6O3. The smallest absolute Gasteiger partial charge is 0.430 e. The number of halogens is 3. The van der Waals surface area contributed by atoms with Gasteiger partial charge < -0.3 is 20.0 Å². The average molecular weight is 607 g/mol. The molecule has 1 aromatic carbocycles. The Hall–Kier alpha value is -4.53. The molecule has 4 aliphatic rings. The van der Waals surface area contributed by atoms with Gasteiger partial charge in [0.15, 0.2) is 11.5 Å². The lowest BCUT2D eigenvalue weighted by molar-refractivity contribution is -0.141. The molecule has 0 radical (unpaired) electrons. The van der Waals surface area contributed by atoms with Crippen LogP contribution in [0.2, 0.25) is 0 Å². The van der Waals surface area contributed by atoms with Crippen molar-refractivity contribution >= 4 is 17.8 Å². The van der Waals surface area contributed by atoms with E-state index in [0.717, 1.165) is 31.4 Å². The molecular weight excluding hydrogens is 573 g/mol. The fraction of sp³-hybridized carbons (Fsp3) is 0.438. The van der Waals surface area contributed by atoms with Gasteiger partial charge in [0.05, 0.1) is 12.1 Å². The molecule has 4 heterocycles. The van der Waals surface area contributed by atoms with Crippen molar-refractivity contribution in [3.05, 3.63) is 65.7 Å². The van der Waals surface area contributed by atoms with E-state index in [-0.39, 0.29) is 30.4 Å². The number of fused-ring (bicyclic) bond motifs is 1. The van der Waals surface area contributed by atoms with Gasteiger partial charge in [-0.15, -0.1) is 0 Å². The van der Waals surface area contributed by atoms with Crippen LogP contribution in [-0.4, -0.2) is 69.8 Å². The molecule has 1 aromatic heterocycles. The molecule has 9 nitrogen and oxygen atoms in total. The second-order valence-electron chi connectivity index (χ2n) is 11.5. The van der Waals surface area contributed by atoms with Gasteiger partial charge in [0, 0.05) is 36.3 Å². The molecule has 2 fully saturated rings. The highest BCUT2D eigenvalue weighted by Gasteiger charge is 2.50. The number of urea groups is 1. The van der Waals surface area contributed by atoms with Crippen LogP contribution in [0, 0.1) is 17.8 Å². The molecule has 1 aliphatic carbocycles. The van der Waals surface area contributed by atoms with Crippen LogP contribution in [0.3, 0.4) is 0 Å². The van der Waals surface area contributed by atoms with Crippen molar-refractivity contribution in [1.82, 2.24) is 25.4 Å². The quantitative estimate of drug-likeness (QED) is 0.467. The maximum absolute atomic E-state index is 13.7. The number of carbonyl (C=O) groups excluding carboxylic acids is 2. The number of oxazole rings is 1. The molecule has 44 heavy (non-hydrogen) atoms. The monoisotopic (exact) mass is 606 g/mol. The molecule has 4 unspecified atom stereocenters. The van der Waals surface area contributed by atoms with Crippen molar-refractivity contribution in [3.8, 4) is 23.3 Å². The van der Waals surface area contributed by atoms with Crippen molar-refractivity contribution in [3.63, 3.8) is 0 Å². The zero-order valence-electron chi connectivity index (χ0n) is 24.4. The number of allylic oxidation sites excluding steroid dienone is 2. The van der Waals surface area contributed by atoms with Crippen LogP contribution in [0.5, 0.6) is 0 Å². The van der Waals surface area contributed by atoms with Crippen molar-refractivity contribution in [1.29, 1.82) is 0 Å². The van der Waals surface area contributed by atoms with Gasteiger partial charge in [-0.2, -0.15) is 13.2 Å². The Labute approximate surface area is 253 Å². The first-order valence-corrected chi connectivity index (χ1v) is 14.8. The average Bonchev–Trinajstić information content (AvgIpc) is 3.48. The molecule has 0 bridgehead atoms. The molecule has 0 saturated carbocycles. The van der Waals surface area contributed by atoms with Crippen molar-refractivity contribution < 1.29 is 27.2 Å². The van der Waals surface area contributed by atoms with Gasteiger partial charge in [0.2, 0.25) is 11.7 Å². The minimum atomic E-state index is -4.88. The molecule has 0 spiro atoms. The zero-order valence-corrected chi connectivity index (χ0v) is 24.4. The van der Waals surface area contributed by atoms with Crippen LogP contribution in [0.4, 0.5) is 18.0 Å². The van der Waals surface area contributed by atoms with Gasteiger partial charge in [-0.05, 0) is 56.7 Å². The van der Waals surface area contributed by atoms with Gasteiger partial charge in [-0.25, -0.2) is 9.78 Å². The first-order valence-electron chi connectivity index (χ1n) is 14.8. The van der Waals surface area contributed by atoms with E-state index in [2.05, 4.69) is 57.3 Å². The van der Waals surface area contributed by atoms with Crippen LogP contribution >= 0.6 is 0 Å². The minimum absolute atomic E-state index is 0.0341. The minimum Gasteiger partial charge on any atom is -0.430 e. The molecule has 12 heteroatoms. The second kappa shape index (κ2) is 11.5. The molecule has 2 aromatic rings. The first-order chi connectivity index (χ1) is 21.1. The van der Waals surface area contributed by atoms with E-state index in [4.69, 9.17) is 4.42 Å². The van der Waals surface area contributed by atoms with E-state index in [1.54, 1.807) is 30.3 Å². The predicted octanol–water partition coefficient (Wildman–Crippen LogP) is 4.99. The summed E-state index contributed by atoms with van der Waals surface area (Å²) in [4.78, 5) is 38.2. The summed E-state index contributed by atoms with van der Waals surface area (Å²) in [5, 5.41) is 5.73. The third-order valence-corrected chi connectivity index (χ3v) is 8.73. The van der Waals surface area contributed by atoms with Crippen LogP contribution < -0.4 is 10.6 Å². The molecule has 3 amide bonds. The summed E-state index contributed by atoms with van der Waals surface area (Å²) in [5.74, 6) is 4.44. The normalized spacial score (nSPS) is 26.6. The third kappa shape index (κ3) is 5.47. The fourth-order valence-corrected chi connectivity index (χ4v) is 6.44. The van der Waals surface area contributed by atoms with Crippen LogP contribution in [0.1, 0.15) is 55.8 Å². The summed E-state index contributed by atoms with van der Waals surface area (Å²) in [6.45, 7) is 5.65. The molecule has 3 aliphatic heterocycles. The zero-order chi connectivity index (χ0) is 31.1. The number of alkyl halides is 3. The Balaban J connectivity index is 1.10. The highest BCUT2D eigenvalue weighted by atomic mass is 19.4. The van der Waals surface area contributed by atoms with E-state index >= 15 is 0 Å². The largest absolute Gasteiger partial charge is 0.437 e. The lowest BCUT2D eigenvalue weighted by atomic mass is 9.78. The Morgan fingerprint density at radius 2 is 2.02 bits per heavy atom. The molecule has 230 valence electrons. The number of hydrogen-bond acceptors (Lipinski definition) is 6. The third-order valence-electron chi connectivity index (χ3n) is 8.73. The maximum Gasteiger partial charge on any atom is 0.437 e. The second-order valence-corrected chi connectivity index (χ2v) is 11.5. The topological polar surface area (TPSA) is 103 Å². The summed E-state index contributed by atoms with van der Waals surface area (Å²) in [5.41, 5.74) is -0.473. The predicted molar refractivity (Wildman–Crippen MR) is 157 cm³/mol. The van der Waals surface area contributed by atoms with Crippen LogP contribution in [-0.2, 0) is 6.18 Å². The SMILES string of the molecule is CCC1C=CC=C2N(C3CCCN(C4=NCC(NC(=O)c5oc(-c6ccccc6)nc5C(F)(F)F)C#C4)CC3)C(=O)NC21C. The van der Waals surface area contributed by atoms with Gasteiger partial charge in [0.1, 0.15) is 6.04 Å². The Bertz CT molecular complexity index is 1600. The lowest BCUT2D eigenvalue weighted by Gasteiger charge is -2.37. The van der Waals surface area contributed by atoms with Gasteiger partial charge >= 0.3 is 12.2 Å². The molecule has 2 N–H and O–H groups in total. The number of benzene rings is 1. The molecule has 4 atom stereocenters. The lowest BCUT2D eigenvalue weighted by Crippen LogP contribution is -2.46. The van der Waals surface area contributed by atoms with Gasteiger partial charge in [-0.3, -0.25) is 14.7 Å². The Morgan fingerprint density at radius 3 is 2.73 bits per heavy atom. The van der Waals surface area contributed by atoms with Crippen molar-refractivity contribution in [2.45, 2.75) is 63.3 Å². The fourth-order valence-electron chi connectivity index (χ4n) is 6.44. The van der Waals surface area contributed by atoms with E-state index in [1.807, 2.05) is 17.1 Å². The first kappa shape index (κ1) is 29.5. The number of hydrogen-bond donors (Lipinski definition) is 2. The summed E-state index contributed by atoms with van der Waals surface area (Å²) < 4.78 is 46.4. The summed E-state index contributed by atoms with van der Waals surface area (Å²) in [6, 6.07) is 7.25. The number of nitrogens with zero attached hydrogens (tertiary/aromatic N) is 4. The summed E-state index contributed by atoms with van der Waals surface area (Å²) in [7, 11) is 0. The standard InChI is InChI=1S/C32H33F3N6O3/c1-3-21-11-7-13-24-31(21,2)39-30(43)41(24)23-12-8-17-40(18-16-23)25-15-14-22(19-36-25)37-28(42)26-27(32(33,34)35)38-29(44-26)20-9-5-4-6-10-20/h4-7,9-11,13,21-23H,3,8,12,16-19H2,1-2H3,(H,37,42)(H,39,43). The van der Waals surface area contributed by atoms with E-state index in [9.17, 15) is 22.8 Å². The number of aromatic nitrogens is 1. The number of rotatable bonds is 5. The Kier molecular flexibility index (Phi) is 7.73. The number of amides is 3. The molecule has 2 saturated heterocycles. The number of amidine groups is 1. The van der Waals surface area contributed by atoms with E-state index in [1.165, 1.54) is 0 Å². The molecule has 6 rings (SSSR count). The highest BCUT2D eigenvalue weighted by molar-refractivity contribution is 6.00. The van der Waals surface area contributed by atoms with Gasteiger partial charge in [0.25, 0.3) is 5.91 Å². The van der Waals surface area contributed by atoms with Crippen molar-refractivity contribution in [2.24, 2.45) is 10.9 Å². The van der Waals surface area contributed by atoms with Gasteiger partial charge in [-0.1, -0.05) is 43.2 Å². The maximum atomic E-state index is 13.7. The number of likely N-dealkylation sites (tertiary alicyclic amines) is 1. The number of carbonyl (C=O) groups is 2.